The van der Waals surface area contributed by atoms with Crippen molar-refractivity contribution in [2.24, 2.45) is 0 Å². The summed E-state index contributed by atoms with van der Waals surface area (Å²) in [6.45, 7) is 1.77. The first-order valence-electron chi connectivity index (χ1n) is 4.76. The van der Waals surface area contributed by atoms with E-state index in [9.17, 15) is 15.3 Å². The Balaban J connectivity index is 2.21. The first-order valence-corrected chi connectivity index (χ1v) is 4.76. The fourth-order valence-corrected chi connectivity index (χ4v) is 1.69. The number of imidazole rings is 1. The van der Waals surface area contributed by atoms with Crippen LogP contribution in [0.15, 0.2) is 12.4 Å². The lowest BCUT2D eigenvalue weighted by Crippen LogP contribution is -2.50. The van der Waals surface area contributed by atoms with Crippen molar-refractivity contribution in [2.75, 3.05) is 6.61 Å². The van der Waals surface area contributed by atoms with Gasteiger partial charge >= 0.3 is 0 Å². The first kappa shape index (κ1) is 10.6. The van der Waals surface area contributed by atoms with E-state index >= 15 is 0 Å². The highest BCUT2D eigenvalue weighted by Gasteiger charge is 2.38. The number of hydrogen-bond donors (Lipinski definition) is 3. The van der Waals surface area contributed by atoms with Crippen LogP contribution in [0.25, 0.3) is 0 Å². The molecule has 0 bridgehead atoms. The summed E-state index contributed by atoms with van der Waals surface area (Å²) in [6, 6.07) is 0. The minimum absolute atomic E-state index is 0.000509. The van der Waals surface area contributed by atoms with Crippen LogP contribution in [0.4, 0.5) is 0 Å². The third kappa shape index (κ3) is 1.76. The highest BCUT2D eigenvalue weighted by molar-refractivity contribution is 4.95. The van der Waals surface area contributed by atoms with Gasteiger partial charge in [0.1, 0.15) is 24.1 Å². The molecule has 0 saturated carbocycles. The van der Waals surface area contributed by atoms with Crippen molar-refractivity contribution >= 4 is 0 Å². The molecule has 4 atom stereocenters. The van der Waals surface area contributed by atoms with Gasteiger partial charge in [-0.15, -0.1) is 0 Å². The summed E-state index contributed by atoms with van der Waals surface area (Å²) in [6.07, 6.45) is -0.825. The second kappa shape index (κ2) is 3.90. The van der Waals surface area contributed by atoms with Crippen LogP contribution in [-0.4, -0.2) is 49.8 Å². The van der Waals surface area contributed by atoms with E-state index in [1.54, 1.807) is 23.9 Å². The normalized spacial score (nSPS) is 36.8. The molecule has 6 nitrogen and oxygen atoms in total. The molecule has 0 amide bonds. The molecule has 1 aliphatic rings. The van der Waals surface area contributed by atoms with Gasteiger partial charge in [0.05, 0.1) is 6.61 Å². The van der Waals surface area contributed by atoms with Crippen LogP contribution < -0.4 is 0 Å². The minimum atomic E-state index is -1.19. The molecule has 1 aromatic heterocycles. The zero-order valence-electron chi connectivity index (χ0n) is 8.32. The molecule has 0 aliphatic carbocycles. The smallest absolute Gasteiger partial charge is 0.163 e. The molecule has 1 saturated heterocycles. The molecular weight excluding hydrogens is 200 g/mol. The fraction of sp³-hybridized carbons (Fsp3) is 0.667. The number of aliphatic hydroxyl groups excluding tert-OH is 3. The third-order valence-corrected chi connectivity index (χ3v) is 2.61. The summed E-state index contributed by atoms with van der Waals surface area (Å²) in [5.41, 5.74) is 0. The summed E-state index contributed by atoms with van der Waals surface area (Å²) in [4.78, 5) is 4.00. The maximum absolute atomic E-state index is 9.72. The van der Waals surface area contributed by atoms with Crippen molar-refractivity contribution < 1.29 is 20.1 Å². The van der Waals surface area contributed by atoms with E-state index < -0.39 is 24.5 Å². The topological polar surface area (TPSA) is 87.7 Å². The molecule has 1 unspecified atom stereocenters. The lowest BCUT2D eigenvalue weighted by molar-refractivity contribution is -0.211. The van der Waals surface area contributed by atoms with E-state index in [1.807, 2.05) is 0 Å². The molecule has 2 rings (SSSR count). The van der Waals surface area contributed by atoms with Crippen LogP contribution in [0, 0.1) is 6.92 Å². The van der Waals surface area contributed by atoms with E-state index in [0.29, 0.717) is 5.82 Å². The Labute approximate surface area is 86.8 Å². The van der Waals surface area contributed by atoms with Gasteiger partial charge in [-0.1, -0.05) is 0 Å². The molecule has 0 spiro atoms. The van der Waals surface area contributed by atoms with Gasteiger partial charge in [0.15, 0.2) is 6.23 Å². The fourth-order valence-electron chi connectivity index (χ4n) is 1.69. The molecule has 0 aromatic carbocycles. The van der Waals surface area contributed by atoms with Gasteiger partial charge in [0.25, 0.3) is 0 Å². The Hall–Kier alpha value is -0.950. The van der Waals surface area contributed by atoms with Gasteiger partial charge in [-0.3, -0.25) is 0 Å². The van der Waals surface area contributed by atoms with E-state index in [-0.39, 0.29) is 6.61 Å². The van der Waals surface area contributed by atoms with Crippen LogP contribution in [0.1, 0.15) is 12.1 Å². The predicted molar refractivity (Wildman–Crippen MR) is 50.0 cm³/mol. The molecule has 2 heterocycles. The van der Waals surface area contributed by atoms with Crippen molar-refractivity contribution in [1.82, 2.24) is 9.55 Å². The first-order chi connectivity index (χ1) is 7.11. The number of ether oxygens (including phenoxy) is 1. The average Bonchev–Trinajstić information content (AvgIpc) is 2.62. The number of rotatable bonds is 1. The predicted octanol–water partition coefficient (Wildman–Crippen LogP) is -1.20. The molecule has 6 heteroatoms. The van der Waals surface area contributed by atoms with Gasteiger partial charge in [-0.05, 0) is 6.92 Å². The SMILES string of the molecule is Cc1nccn1C1OC[C@@H](O)[C@H](O)[C@H]1O. The molecule has 1 fully saturated rings. The second-order valence-corrected chi connectivity index (χ2v) is 3.65. The molecule has 0 radical (unpaired) electrons. The Kier molecular flexibility index (Phi) is 2.74. The maximum Gasteiger partial charge on any atom is 0.163 e. The van der Waals surface area contributed by atoms with E-state index in [4.69, 9.17) is 4.74 Å². The quantitative estimate of drug-likeness (QED) is 0.546. The largest absolute Gasteiger partial charge is 0.388 e. The van der Waals surface area contributed by atoms with Gasteiger partial charge < -0.3 is 24.6 Å². The highest BCUT2D eigenvalue weighted by Crippen LogP contribution is 2.24. The summed E-state index contributed by atoms with van der Waals surface area (Å²) in [5.74, 6) is 0.683. The number of aryl methyl sites for hydroxylation is 1. The number of nitrogens with zero attached hydrogens (tertiary/aromatic N) is 2. The van der Waals surface area contributed by atoms with Crippen LogP contribution in [0.5, 0.6) is 0 Å². The number of aliphatic hydroxyl groups is 3. The van der Waals surface area contributed by atoms with Crippen LogP contribution >= 0.6 is 0 Å². The monoisotopic (exact) mass is 214 g/mol. The van der Waals surface area contributed by atoms with E-state index in [0.717, 1.165) is 0 Å². The average molecular weight is 214 g/mol. The van der Waals surface area contributed by atoms with Crippen molar-refractivity contribution in [3.63, 3.8) is 0 Å². The molecule has 3 N–H and O–H groups in total. The van der Waals surface area contributed by atoms with Crippen LogP contribution in [-0.2, 0) is 4.74 Å². The summed E-state index contributed by atoms with van der Waals surface area (Å²) in [7, 11) is 0. The summed E-state index contributed by atoms with van der Waals surface area (Å²) >= 11 is 0. The summed E-state index contributed by atoms with van der Waals surface area (Å²) in [5, 5.41) is 28.5. The van der Waals surface area contributed by atoms with Crippen molar-refractivity contribution in [1.29, 1.82) is 0 Å². The Morgan fingerprint density at radius 1 is 1.40 bits per heavy atom. The third-order valence-electron chi connectivity index (χ3n) is 2.61. The molecule has 1 aromatic rings. The summed E-state index contributed by atoms with van der Waals surface area (Å²) < 4.78 is 6.89. The van der Waals surface area contributed by atoms with E-state index in [2.05, 4.69) is 4.98 Å². The molecule has 1 aliphatic heterocycles. The van der Waals surface area contributed by atoms with Gasteiger partial charge in [-0.25, -0.2) is 4.98 Å². The number of hydrogen-bond acceptors (Lipinski definition) is 5. The molecule has 15 heavy (non-hydrogen) atoms. The zero-order valence-corrected chi connectivity index (χ0v) is 8.32. The van der Waals surface area contributed by atoms with Crippen molar-refractivity contribution in [3.05, 3.63) is 18.2 Å². The second-order valence-electron chi connectivity index (χ2n) is 3.65. The van der Waals surface area contributed by atoms with Crippen molar-refractivity contribution in [3.8, 4) is 0 Å². The lowest BCUT2D eigenvalue weighted by Gasteiger charge is -2.36. The number of aromatic nitrogens is 2. The van der Waals surface area contributed by atoms with Gasteiger partial charge in [0, 0.05) is 12.4 Å². The van der Waals surface area contributed by atoms with Crippen LogP contribution in [0.3, 0.4) is 0 Å². The van der Waals surface area contributed by atoms with E-state index in [1.165, 1.54) is 0 Å². The van der Waals surface area contributed by atoms with Gasteiger partial charge in [-0.2, -0.15) is 0 Å². The standard InChI is InChI=1S/C9H14N2O4/c1-5-10-2-3-11(5)9-8(14)7(13)6(12)4-15-9/h2-3,6-9,12-14H,4H2,1H3/t6-,7+,8-,9?/m1/s1. The minimum Gasteiger partial charge on any atom is -0.388 e. The van der Waals surface area contributed by atoms with Crippen molar-refractivity contribution in [2.45, 2.75) is 31.5 Å². The lowest BCUT2D eigenvalue weighted by atomic mass is 10.0. The molecule has 84 valence electrons. The van der Waals surface area contributed by atoms with Crippen LogP contribution in [0.2, 0.25) is 0 Å². The Morgan fingerprint density at radius 3 is 2.73 bits per heavy atom. The Morgan fingerprint density at radius 2 is 2.13 bits per heavy atom. The zero-order chi connectivity index (χ0) is 11.0. The maximum atomic E-state index is 9.72. The Bertz CT molecular complexity index is 341. The highest BCUT2D eigenvalue weighted by atomic mass is 16.5. The van der Waals surface area contributed by atoms with Gasteiger partial charge in [0.2, 0.25) is 0 Å². The molecular formula is C9H14N2O4.